The van der Waals surface area contributed by atoms with Gasteiger partial charge in [-0.05, 0) is 86.7 Å². The second-order valence-corrected chi connectivity index (χ2v) is 12.2. The SMILES string of the molecule is CCC(=O)NC1CCN(C(=O)Cc2cn3c(C(=O)NCC45CC6CC(CC(C6)C4)C5)cccc3n2)CC1. The third-order valence-electron chi connectivity index (χ3n) is 9.43. The molecule has 2 aromatic rings. The van der Waals surface area contributed by atoms with Crippen molar-refractivity contribution in [2.75, 3.05) is 19.6 Å². The normalized spacial score (nSPS) is 29.0. The molecular weight excluding hydrogens is 466 g/mol. The summed E-state index contributed by atoms with van der Waals surface area (Å²) in [7, 11) is 0. The van der Waals surface area contributed by atoms with E-state index < -0.39 is 0 Å². The fourth-order valence-corrected chi connectivity index (χ4v) is 8.07. The van der Waals surface area contributed by atoms with Gasteiger partial charge >= 0.3 is 0 Å². The Balaban J connectivity index is 1.08. The largest absolute Gasteiger partial charge is 0.353 e. The molecule has 0 aromatic carbocycles. The first-order valence-corrected chi connectivity index (χ1v) is 14.2. The van der Waals surface area contributed by atoms with Crippen LogP contribution in [0.3, 0.4) is 0 Å². The van der Waals surface area contributed by atoms with Crippen molar-refractivity contribution < 1.29 is 14.4 Å². The van der Waals surface area contributed by atoms with E-state index in [0.717, 1.165) is 37.1 Å². The number of pyridine rings is 1. The second kappa shape index (κ2) is 9.76. The average Bonchev–Trinajstić information content (AvgIpc) is 3.29. The summed E-state index contributed by atoms with van der Waals surface area (Å²) >= 11 is 0. The molecule has 0 atom stereocenters. The van der Waals surface area contributed by atoms with Crippen LogP contribution in [0.5, 0.6) is 0 Å². The zero-order valence-electron chi connectivity index (χ0n) is 21.9. The number of carbonyl (C=O) groups excluding carboxylic acids is 3. The predicted molar refractivity (Wildman–Crippen MR) is 140 cm³/mol. The highest BCUT2D eigenvalue weighted by atomic mass is 16.2. The Morgan fingerprint density at radius 2 is 1.70 bits per heavy atom. The van der Waals surface area contributed by atoms with Gasteiger partial charge in [-0.1, -0.05) is 13.0 Å². The molecule has 198 valence electrons. The topological polar surface area (TPSA) is 95.8 Å². The molecule has 0 unspecified atom stereocenters. The van der Waals surface area contributed by atoms with Gasteiger partial charge in [0.05, 0.1) is 12.1 Å². The van der Waals surface area contributed by atoms with E-state index in [2.05, 4.69) is 15.6 Å². The van der Waals surface area contributed by atoms with Crippen molar-refractivity contribution in [2.45, 2.75) is 77.2 Å². The van der Waals surface area contributed by atoms with Crippen LogP contribution in [0.4, 0.5) is 0 Å². The van der Waals surface area contributed by atoms with Crippen LogP contribution < -0.4 is 10.6 Å². The number of piperidine rings is 1. The van der Waals surface area contributed by atoms with Crippen molar-refractivity contribution in [1.82, 2.24) is 24.9 Å². The Morgan fingerprint density at radius 1 is 1.03 bits per heavy atom. The van der Waals surface area contributed by atoms with E-state index in [1.807, 2.05) is 40.6 Å². The average molecular weight is 506 g/mol. The molecule has 7 rings (SSSR count). The maximum Gasteiger partial charge on any atom is 0.268 e. The minimum Gasteiger partial charge on any atom is -0.353 e. The van der Waals surface area contributed by atoms with Crippen molar-refractivity contribution in [3.05, 3.63) is 35.8 Å². The molecule has 5 fully saturated rings. The highest BCUT2D eigenvalue weighted by Gasteiger charge is 2.50. The lowest BCUT2D eigenvalue weighted by Crippen LogP contribution is -2.51. The Hall–Kier alpha value is -2.90. The maximum absolute atomic E-state index is 13.3. The number of nitrogens with zero attached hydrogens (tertiary/aromatic N) is 3. The van der Waals surface area contributed by atoms with Gasteiger partial charge < -0.3 is 15.5 Å². The number of carbonyl (C=O) groups is 3. The smallest absolute Gasteiger partial charge is 0.268 e. The van der Waals surface area contributed by atoms with Crippen molar-refractivity contribution in [2.24, 2.45) is 23.2 Å². The van der Waals surface area contributed by atoms with Gasteiger partial charge in [-0.3, -0.25) is 18.8 Å². The van der Waals surface area contributed by atoms with Crippen LogP contribution in [0.15, 0.2) is 24.4 Å². The number of nitrogens with one attached hydrogen (secondary N) is 2. The third kappa shape index (κ3) is 4.99. The molecule has 4 saturated carbocycles. The lowest BCUT2D eigenvalue weighted by Gasteiger charge is -2.56. The van der Waals surface area contributed by atoms with E-state index in [9.17, 15) is 14.4 Å². The number of amides is 3. The van der Waals surface area contributed by atoms with Crippen molar-refractivity contribution >= 4 is 23.4 Å². The number of hydrogen-bond donors (Lipinski definition) is 2. The lowest BCUT2D eigenvalue weighted by atomic mass is 9.49. The van der Waals surface area contributed by atoms with E-state index in [1.165, 1.54) is 38.5 Å². The van der Waals surface area contributed by atoms with Gasteiger partial charge in [0.25, 0.3) is 5.91 Å². The molecule has 3 heterocycles. The molecule has 2 N–H and O–H groups in total. The maximum atomic E-state index is 13.3. The number of aromatic nitrogens is 2. The first-order chi connectivity index (χ1) is 17.9. The van der Waals surface area contributed by atoms with Crippen LogP contribution in [0.1, 0.15) is 80.9 Å². The molecular formula is C29H39N5O3. The monoisotopic (exact) mass is 505 g/mol. The summed E-state index contributed by atoms with van der Waals surface area (Å²) in [6.07, 6.45) is 12.1. The summed E-state index contributed by atoms with van der Waals surface area (Å²) in [5.41, 5.74) is 2.22. The highest BCUT2D eigenvalue weighted by Crippen LogP contribution is 2.59. The Morgan fingerprint density at radius 3 is 2.35 bits per heavy atom. The minimum absolute atomic E-state index is 0.0384. The van der Waals surface area contributed by atoms with Crippen LogP contribution in [-0.4, -0.2) is 57.7 Å². The fourth-order valence-electron chi connectivity index (χ4n) is 8.07. The Kier molecular flexibility index (Phi) is 6.45. The van der Waals surface area contributed by atoms with Gasteiger partial charge in [0.1, 0.15) is 11.3 Å². The molecule has 2 aromatic heterocycles. The highest BCUT2D eigenvalue weighted by molar-refractivity contribution is 5.93. The van der Waals surface area contributed by atoms with E-state index in [1.54, 1.807) is 0 Å². The van der Waals surface area contributed by atoms with Crippen LogP contribution in [0, 0.1) is 23.2 Å². The third-order valence-corrected chi connectivity index (χ3v) is 9.43. The molecule has 0 radical (unpaired) electrons. The summed E-state index contributed by atoms with van der Waals surface area (Å²) in [5.74, 6) is 2.63. The van der Waals surface area contributed by atoms with Crippen molar-refractivity contribution in [3.8, 4) is 0 Å². The summed E-state index contributed by atoms with van der Waals surface area (Å²) in [4.78, 5) is 44.4. The van der Waals surface area contributed by atoms with Gasteiger partial charge in [-0.25, -0.2) is 4.98 Å². The van der Waals surface area contributed by atoms with Crippen LogP contribution in [0.2, 0.25) is 0 Å². The molecule has 4 aliphatic carbocycles. The minimum atomic E-state index is -0.0622. The molecule has 37 heavy (non-hydrogen) atoms. The molecule has 3 amide bonds. The standard InChI is InChI=1S/C29H39N5O3/c1-2-26(35)32-22-6-8-33(9-7-22)27(36)13-23-17-34-24(4-3-5-25(34)31-23)28(37)30-18-29-14-19-10-20(15-29)12-21(11-19)16-29/h3-5,17,19-22H,2,6-16,18H2,1H3,(H,30,37)(H,32,35). The summed E-state index contributed by atoms with van der Waals surface area (Å²) in [6.45, 7) is 3.89. The predicted octanol–water partition coefficient (Wildman–Crippen LogP) is 3.34. The zero-order valence-corrected chi connectivity index (χ0v) is 21.9. The molecule has 0 spiro atoms. The lowest BCUT2D eigenvalue weighted by molar-refractivity contribution is -0.131. The van der Waals surface area contributed by atoms with Crippen LogP contribution >= 0.6 is 0 Å². The van der Waals surface area contributed by atoms with E-state index in [0.29, 0.717) is 36.5 Å². The van der Waals surface area contributed by atoms with Crippen LogP contribution in [0.25, 0.3) is 5.65 Å². The molecule has 5 aliphatic rings. The van der Waals surface area contributed by atoms with E-state index in [-0.39, 0.29) is 35.6 Å². The number of likely N-dealkylation sites (tertiary alicyclic amines) is 1. The molecule has 8 heteroatoms. The summed E-state index contributed by atoms with van der Waals surface area (Å²) in [6, 6.07) is 5.73. The molecule has 1 aliphatic heterocycles. The number of fused-ring (bicyclic) bond motifs is 1. The van der Waals surface area contributed by atoms with Crippen molar-refractivity contribution in [3.63, 3.8) is 0 Å². The molecule has 1 saturated heterocycles. The van der Waals surface area contributed by atoms with Gasteiger partial charge in [0.15, 0.2) is 0 Å². The second-order valence-electron chi connectivity index (χ2n) is 12.2. The zero-order chi connectivity index (χ0) is 25.6. The van der Waals surface area contributed by atoms with Gasteiger partial charge in [-0.15, -0.1) is 0 Å². The van der Waals surface area contributed by atoms with Crippen molar-refractivity contribution in [1.29, 1.82) is 0 Å². The number of imidazole rings is 1. The number of rotatable bonds is 7. The summed E-state index contributed by atoms with van der Waals surface area (Å²) in [5, 5.41) is 6.31. The summed E-state index contributed by atoms with van der Waals surface area (Å²) < 4.78 is 1.82. The first-order valence-electron chi connectivity index (χ1n) is 14.2. The van der Waals surface area contributed by atoms with Gasteiger partial charge in [0, 0.05) is 38.3 Å². The van der Waals surface area contributed by atoms with Crippen LogP contribution in [-0.2, 0) is 16.0 Å². The molecule has 8 nitrogen and oxygen atoms in total. The van der Waals surface area contributed by atoms with E-state index >= 15 is 0 Å². The van der Waals surface area contributed by atoms with Gasteiger partial charge in [0.2, 0.25) is 11.8 Å². The fraction of sp³-hybridized carbons (Fsp3) is 0.655. The Labute approximate surface area is 218 Å². The molecule has 4 bridgehead atoms. The van der Waals surface area contributed by atoms with E-state index in [4.69, 9.17) is 0 Å². The number of hydrogen-bond acceptors (Lipinski definition) is 4. The van der Waals surface area contributed by atoms with Gasteiger partial charge in [-0.2, -0.15) is 0 Å². The first kappa shape index (κ1) is 24.4. The Bertz CT molecular complexity index is 1160. The quantitative estimate of drug-likeness (QED) is 0.603.